The molecule has 0 aliphatic rings. The number of guanidine groups is 1. The van der Waals surface area contributed by atoms with E-state index >= 15 is 0 Å². The molecule has 1 aromatic carbocycles. The molecule has 2 heterocycles. The monoisotopic (exact) mass is 382 g/mol. The predicted octanol–water partition coefficient (Wildman–Crippen LogP) is 3.51. The topological polar surface area (TPSA) is 65.4 Å². The number of pyridine rings is 1. The Balaban J connectivity index is 1.55. The van der Waals surface area contributed by atoms with Crippen molar-refractivity contribution in [3.05, 3.63) is 52.5 Å². The van der Waals surface area contributed by atoms with Crippen LogP contribution in [0.25, 0.3) is 10.9 Å². The average molecular weight is 383 g/mol. The molecular formula is C20H26N6S. The average Bonchev–Trinajstić information content (AvgIpc) is 3.08. The third kappa shape index (κ3) is 5.40. The van der Waals surface area contributed by atoms with Crippen LogP contribution in [0.5, 0.6) is 0 Å². The molecule has 0 unspecified atom stereocenters. The number of aryl methyl sites for hydroxylation is 1. The Hall–Kier alpha value is -2.67. The number of anilines is 1. The van der Waals surface area contributed by atoms with Gasteiger partial charge in [0.15, 0.2) is 5.96 Å². The van der Waals surface area contributed by atoms with Crippen LogP contribution in [0.3, 0.4) is 0 Å². The number of hydrogen-bond donors (Lipinski definition) is 2. The van der Waals surface area contributed by atoms with E-state index in [1.807, 2.05) is 38.2 Å². The van der Waals surface area contributed by atoms with Gasteiger partial charge in [-0.2, -0.15) is 0 Å². The first kappa shape index (κ1) is 19.1. The number of nitrogens with zero attached hydrogens (tertiary/aromatic N) is 4. The highest BCUT2D eigenvalue weighted by molar-refractivity contribution is 7.09. The molecule has 0 bridgehead atoms. The molecule has 27 heavy (non-hydrogen) atoms. The van der Waals surface area contributed by atoms with E-state index in [9.17, 15) is 0 Å². The zero-order valence-corrected chi connectivity index (χ0v) is 16.9. The molecule has 0 aliphatic carbocycles. The highest BCUT2D eigenvalue weighted by atomic mass is 32.1. The number of para-hydroxylation sites is 1. The van der Waals surface area contributed by atoms with Crippen LogP contribution in [0.4, 0.5) is 5.82 Å². The van der Waals surface area contributed by atoms with Crippen molar-refractivity contribution < 1.29 is 0 Å². The lowest BCUT2D eigenvalue weighted by atomic mass is 10.2. The highest BCUT2D eigenvalue weighted by Crippen LogP contribution is 2.14. The van der Waals surface area contributed by atoms with E-state index in [0.29, 0.717) is 6.54 Å². The summed E-state index contributed by atoms with van der Waals surface area (Å²) in [6.07, 6.45) is 0. The van der Waals surface area contributed by atoms with Crippen LogP contribution in [0.15, 0.2) is 46.8 Å². The van der Waals surface area contributed by atoms with Gasteiger partial charge >= 0.3 is 0 Å². The second-order valence-electron chi connectivity index (χ2n) is 6.27. The summed E-state index contributed by atoms with van der Waals surface area (Å²) < 4.78 is 0. The van der Waals surface area contributed by atoms with Gasteiger partial charge in [0, 0.05) is 30.9 Å². The van der Waals surface area contributed by atoms with Crippen LogP contribution in [0, 0.1) is 6.92 Å². The summed E-state index contributed by atoms with van der Waals surface area (Å²) in [4.78, 5) is 16.0. The lowest BCUT2D eigenvalue weighted by Gasteiger charge is -2.21. The minimum atomic E-state index is 0.664. The Kier molecular flexibility index (Phi) is 6.59. The van der Waals surface area contributed by atoms with Crippen LogP contribution in [0.1, 0.15) is 17.6 Å². The summed E-state index contributed by atoms with van der Waals surface area (Å²) in [6.45, 7) is 7.07. The number of thiazole rings is 1. The Morgan fingerprint density at radius 1 is 1.19 bits per heavy atom. The molecule has 0 atom stereocenters. The number of aliphatic imine (C=N–C) groups is 1. The maximum atomic E-state index is 4.71. The molecule has 0 saturated carbocycles. The molecule has 3 aromatic rings. The van der Waals surface area contributed by atoms with Gasteiger partial charge < -0.3 is 15.5 Å². The van der Waals surface area contributed by atoms with Gasteiger partial charge in [-0.1, -0.05) is 18.2 Å². The standard InChI is InChI=1S/C20H26N6S/c1-4-21-20(26(3)13-17-14-27-15(2)24-17)23-12-11-22-19-10-9-16-7-5-6-8-18(16)25-19/h5-10,14H,4,11-13H2,1-3H3,(H,21,23)(H,22,25). The van der Waals surface area contributed by atoms with Crippen LogP contribution >= 0.6 is 11.3 Å². The third-order valence-corrected chi connectivity index (χ3v) is 4.86. The maximum absolute atomic E-state index is 4.71. The zero-order valence-electron chi connectivity index (χ0n) is 16.1. The Morgan fingerprint density at radius 3 is 2.81 bits per heavy atom. The summed E-state index contributed by atoms with van der Waals surface area (Å²) in [7, 11) is 2.04. The minimum Gasteiger partial charge on any atom is -0.368 e. The number of hydrogen-bond acceptors (Lipinski definition) is 5. The SMILES string of the molecule is CCNC(=NCCNc1ccc2ccccc2n1)N(C)Cc1csc(C)n1. The van der Waals surface area contributed by atoms with Crippen LogP contribution in [-0.4, -0.2) is 47.5 Å². The van der Waals surface area contributed by atoms with Gasteiger partial charge in [0.2, 0.25) is 0 Å². The predicted molar refractivity (Wildman–Crippen MR) is 115 cm³/mol. The van der Waals surface area contributed by atoms with E-state index in [0.717, 1.165) is 53.0 Å². The van der Waals surface area contributed by atoms with Crippen molar-refractivity contribution >= 4 is 34.0 Å². The third-order valence-electron chi connectivity index (χ3n) is 4.04. The smallest absolute Gasteiger partial charge is 0.194 e. The zero-order chi connectivity index (χ0) is 19.1. The molecule has 0 amide bonds. The first-order valence-electron chi connectivity index (χ1n) is 9.16. The van der Waals surface area contributed by atoms with E-state index < -0.39 is 0 Å². The Labute approximate surface area is 164 Å². The summed E-state index contributed by atoms with van der Waals surface area (Å²) >= 11 is 1.68. The molecule has 142 valence electrons. The van der Waals surface area contributed by atoms with Gasteiger partial charge in [-0.25, -0.2) is 9.97 Å². The van der Waals surface area contributed by atoms with Crippen LogP contribution in [-0.2, 0) is 6.54 Å². The van der Waals surface area contributed by atoms with E-state index in [4.69, 9.17) is 4.99 Å². The number of rotatable bonds is 7. The van der Waals surface area contributed by atoms with Gasteiger partial charge in [-0.15, -0.1) is 11.3 Å². The number of nitrogens with one attached hydrogen (secondary N) is 2. The van der Waals surface area contributed by atoms with E-state index in [1.165, 1.54) is 0 Å². The largest absolute Gasteiger partial charge is 0.368 e. The number of benzene rings is 1. The fraction of sp³-hybridized carbons (Fsp3) is 0.350. The molecule has 7 heteroatoms. The van der Waals surface area contributed by atoms with Crippen molar-refractivity contribution in [3.63, 3.8) is 0 Å². The molecule has 3 rings (SSSR count). The highest BCUT2D eigenvalue weighted by Gasteiger charge is 2.08. The molecule has 6 nitrogen and oxygen atoms in total. The van der Waals surface area contributed by atoms with Gasteiger partial charge in [-0.3, -0.25) is 4.99 Å². The number of fused-ring (bicyclic) bond motifs is 1. The summed E-state index contributed by atoms with van der Waals surface area (Å²) in [6, 6.07) is 12.2. The molecule has 2 N–H and O–H groups in total. The van der Waals surface area contributed by atoms with Crippen molar-refractivity contribution in [1.29, 1.82) is 0 Å². The van der Waals surface area contributed by atoms with Crippen molar-refractivity contribution in [3.8, 4) is 0 Å². The molecule has 0 saturated heterocycles. The molecule has 0 radical (unpaired) electrons. The van der Waals surface area contributed by atoms with Crippen molar-refractivity contribution in [1.82, 2.24) is 20.2 Å². The van der Waals surface area contributed by atoms with Gasteiger partial charge in [-0.05, 0) is 32.0 Å². The van der Waals surface area contributed by atoms with Crippen molar-refractivity contribution in [2.45, 2.75) is 20.4 Å². The fourth-order valence-electron chi connectivity index (χ4n) is 2.78. The van der Waals surface area contributed by atoms with Crippen molar-refractivity contribution in [2.75, 3.05) is 32.0 Å². The quantitative estimate of drug-likeness (QED) is 0.372. The summed E-state index contributed by atoms with van der Waals surface area (Å²) in [5.74, 6) is 1.76. The Morgan fingerprint density at radius 2 is 2.04 bits per heavy atom. The minimum absolute atomic E-state index is 0.664. The summed E-state index contributed by atoms with van der Waals surface area (Å²) in [5, 5.41) is 11.0. The normalized spacial score (nSPS) is 11.6. The first-order valence-corrected chi connectivity index (χ1v) is 10.0. The number of aromatic nitrogens is 2. The van der Waals surface area contributed by atoms with E-state index in [1.54, 1.807) is 11.3 Å². The lowest BCUT2D eigenvalue weighted by Crippen LogP contribution is -2.38. The van der Waals surface area contributed by atoms with E-state index in [-0.39, 0.29) is 0 Å². The van der Waals surface area contributed by atoms with Crippen LogP contribution < -0.4 is 10.6 Å². The second kappa shape index (κ2) is 9.32. The molecule has 0 fully saturated rings. The molecular weight excluding hydrogens is 356 g/mol. The Bertz CT molecular complexity index is 904. The molecule has 0 aliphatic heterocycles. The van der Waals surface area contributed by atoms with Crippen LogP contribution in [0.2, 0.25) is 0 Å². The lowest BCUT2D eigenvalue weighted by molar-refractivity contribution is 0.471. The molecule has 0 spiro atoms. The van der Waals surface area contributed by atoms with Crippen molar-refractivity contribution in [2.24, 2.45) is 4.99 Å². The maximum Gasteiger partial charge on any atom is 0.194 e. The van der Waals surface area contributed by atoms with Gasteiger partial charge in [0.1, 0.15) is 5.82 Å². The first-order chi connectivity index (χ1) is 13.2. The van der Waals surface area contributed by atoms with E-state index in [2.05, 4.69) is 49.9 Å². The molecule has 2 aromatic heterocycles. The second-order valence-corrected chi connectivity index (χ2v) is 7.33. The summed E-state index contributed by atoms with van der Waals surface area (Å²) in [5.41, 5.74) is 2.07. The van der Waals surface area contributed by atoms with Gasteiger partial charge in [0.05, 0.1) is 29.3 Å². The fourth-order valence-corrected chi connectivity index (χ4v) is 3.38. The van der Waals surface area contributed by atoms with Gasteiger partial charge in [0.25, 0.3) is 0 Å².